The molecular weight excluding hydrogens is 481 g/mol. The summed E-state index contributed by atoms with van der Waals surface area (Å²) in [5.74, 6) is 0.842. The first kappa shape index (κ1) is 21.0. The first-order valence-corrected chi connectivity index (χ1v) is 9.66. The zero-order chi connectivity index (χ0) is 21.1. The van der Waals surface area contributed by atoms with Gasteiger partial charge in [-0.3, -0.25) is 0 Å². The summed E-state index contributed by atoms with van der Waals surface area (Å²) >= 11 is 15.6. The third-order valence-corrected chi connectivity index (χ3v) is 5.22. The molecule has 0 fully saturated rings. The highest BCUT2D eigenvalue weighted by Crippen LogP contribution is 2.40. The topological polar surface area (TPSA) is 120 Å². The summed E-state index contributed by atoms with van der Waals surface area (Å²) in [7, 11) is 1.50. The molecule has 0 aliphatic carbocycles. The molecule has 1 heterocycles. The van der Waals surface area contributed by atoms with Crippen LogP contribution in [0.4, 0.5) is 11.8 Å². The lowest BCUT2D eigenvalue weighted by atomic mass is 10.1. The Morgan fingerprint density at radius 3 is 2.55 bits per heavy atom. The number of anilines is 2. The average Bonchev–Trinajstić information content (AvgIpc) is 2.67. The number of nitriles is 1. The van der Waals surface area contributed by atoms with Crippen LogP contribution in [0.15, 0.2) is 34.8 Å². The maximum absolute atomic E-state index is 9.44. The van der Waals surface area contributed by atoms with Crippen LogP contribution < -0.4 is 20.9 Å². The van der Waals surface area contributed by atoms with E-state index in [2.05, 4.69) is 25.9 Å². The highest BCUT2D eigenvalue weighted by atomic mass is 79.9. The number of aromatic nitrogens is 2. The van der Waals surface area contributed by atoms with Crippen LogP contribution in [0.2, 0.25) is 10.0 Å². The number of benzene rings is 2. The summed E-state index contributed by atoms with van der Waals surface area (Å²) in [5.41, 5.74) is 13.2. The maximum Gasteiger partial charge on any atom is 0.222 e. The number of nitrogens with zero attached hydrogens (tertiary/aromatic N) is 3. The fourth-order valence-corrected chi connectivity index (χ4v) is 3.56. The smallest absolute Gasteiger partial charge is 0.222 e. The first-order chi connectivity index (χ1) is 13.8. The van der Waals surface area contributed by atoms with Crippen molar-refractivity contribution in [3.05, 3.63) is 56.0 Å². The molecule has 0 amide bonds. The van der Waals surface area contributed by atoms with E-state index in [1.807, 2.05) is 6.07 Å². The van der Waals surface area contributed by atoms with Crippen molar-refractivity contribution in [1.82, 2.24) is 9.97 Å². The van der Waals surface area contributed by atoms with Gasteiger partial charge in [-0.05, 0) is 40.2 Å². The monoisotopic (exact) mass is 493 g/mol. The number of nitrogen functional groups attached to an aromatic ring is 2. The lowest BCUT2D eigenvalue weighted by Crippen LogP contribution is -2.05. The van der Waals surface area contributed by atoms with Crippen LogP contribution in [-0.4, -0.2) is 17.1 Å². The molecule has 0 radical (unpaired) electrons. The molecule has 0 aliphatic rings. The largest absolute Gasteiger partial charge is 0.493 e. The van der Waals surface area contributed by atoms with E-state index in [0.717, 1.165) is 5.56 Å². The van der Waals surface area contributed by atoms with Crippen LogP contribution in [0.25, 0.3) is 11.3 Å². The highest BCUT2D eigenvalue weighted by Gasteiger charge is 2.19. The number of rotatable bonds is 5. The molecule has 3 aromatic rings. The van der Waals surface area contributed by atoms with Gasteiger partial charge >= 0.3 is 0 Å². The van der Waals surface area contributed by atoms with Gasteiger partial charge in [-0.25, -0.2) is 4.98 Å². The molecule has 4 N–H and O–H groups in total. The van der Waals surface area contributed by atoms with E-state index in [4.69, 9.17) is 44.1 Å². The van der Waals surface area contributed by atoms with Crippen LogP contribution in [0.5, 0.6) is 11.5 Å². The van der Waals surface area contributed by atoms with Gasteiger partial charge in [0.15, 0.2) is 11.5 Å². The Morgan fingerprint density at radius 2 is 1.90 bits per heavy atom. The lowest BCUT2D eigenvalue weighted by Gasteiger charge is -2.15. The molecule has 10 heteroatoms. The van der Waals surface area contributed by atoms with E-state index in [9.17, 15) is 5.26 Å². The Bertz CT molecular complexity index is 1130. The number of hydrogen-bond acceptors (Lipinski definition) is 7. The third kappa shape index (κ3) is 4.48. The van der Waals surface area contributed by atoms with E-state index >= 15 is 0 Å². The molecule has 0 aliphatic heterocycles. The molecule has 0 bridgehead atoms. The van der Waals surface area contributed by atoms with Gasteiger partial charge < -0.3 is 20.9 Å². The van der Waals surface area contributed by atoms with Gasteiger partial charge in [-0.1, -0.05) is 29.3 Å². The lowest BCUT2D eigenvalue weighted by molar-refractivity contribution is 0.284. The molecule has 0 unspecified atom stereocenters. The number of nitrogens with two attached hydrogens (primary N) is 2. The number of halogens is 3. The summed E-state index contributed by atoms with van der Waals surface area (Å²) in [6.45, 7) is 0.203. The van der Waals surface area contributed by atoms with E-state index in [1.54, 1.807) is 30.3 Å². The van der Waals surface area contributed by atoms with Crippen molar-refractivity contribution in [1.29, 1.82) is 5.26 Å². The van der Waals surface area contributed by atoms with E-state index in [-0.39, 0.29) is 29.6 Å². The zero-order valence-corrected chi connectivity index (χ0v) is 18.1. The quantitative estimate of drug-likeness (QED) is 0.520. The Kier molecular flexibility index (Phi) is 6.33. The number of ether oxygens (including phenoxy) is 2. The van der Waals surface area contributed by atoms with Gasteiger partial charge in [0.2, 0.25) is 5.95 Å². The van der Waals surface area contributed by atoms with Crippen molar-refractivity contribution in [3.63, 3.8) is 0 Å². The van der Waals surface area contributed by atoms with E-state index in [0.29, 0.717) is 31.6 Å². The van der Waals surface area contributed by atoms with Gasteiger partial charge in [-0.15, -0.1) is 0 Å². The second-order valence-corrected chi connectivity index (χ2v) is 7.51. The van der Waals surface area contributed by atoms with Crippen molar-refractivity contribution in [2.75, 3.05) is 18.6 Å². The molecule has 7 nitrogen and oxygen atoms in total. The Labute approximate surface area is 185 Å². The Hall–Kier alpha value is -2.73. The standard InChI is InChI=1S/C19H14BrCl2N5O2/c1-28-15-5-11(17-12(7-23)18(24)27-19(25)26-17)13(20)6-16(15)29-8-9-2-3-10(21)4-14(9)22/h2-6H,8H2,1H3,(H4,24,25,26,27). The summed E-state index contributed by atoms with van der Waals surface area (Å²) in [4.78, 5) is 7.99. The van der Waals surface area contributed by atoms with Crippen molar-refractivity contribution >= 4 is 50.9 Å². The summed E-state index contributed by atoms with van der Waals surface area (Å²) in [6.07, 6.45) is 0. The molecule has 0 spiro atoms. The highest BCUT2D eigenvalue weighted by molar-refractivity contribution is 9.10. The van der Waals surface area contributed by atoms with E-state index in [1.165, 1.54) is 7.11 Å². The van der Waals surface area contributed by atoms with Gasteiger partial charge in [0.05, 0.1) is 12.8 Å². The molecule has 3 rings (SSSR count). The molecular formula is C19H14BrCl2N5O2. The van der Waals surface area contributed by atoms with Gasteiger partial charge in [0.1, 0.15) is 24.1 Å². The predicted molar refractivity (Wildman–Crippen MR) is 116 cm³/mol. The van der Waals surface area contributed by atoms with Gasteiger partial charge in [-0.2, -0.15) is 10.2 Å². The predicted octanol–water partition coefficient (Wildman–Crippen LogP) is 4.84. The molecule has 0 saturated heterocycles. The number of hydrogen-bond donors (Lipinski definition) is 2. The SMILES string of the molecule is COc1cc(-c2nc(N)nc(N)c2C#N)c(Br)cc1OCc1ccc(Cl)cc1Cl. The second kappa shape index (κ2) is 8.74. The minimum Gasteiger partial charge on any atom is -0.493 e. The van der Waals surface area contributed by atoms with Crippen LogP contribution in [-0.2, 0) is 6.61 Å². The summed E-state index contributed by atoms with van der Waals surface area (Å²) in [5, 5.41) is 10.5. The van der Waals surface area contributed by atoms with Crippen molar-refractivity contribution in [2.24, 2.45) is 0 Å². The van der Waals surface area contributed by atoms with Crippen LogP contribution in [0, 0.1) is 11.3 Å². The third-order valence-electron chi connectivity index (χ3n) is 3.97. The van der Waals surface area contributed by atoms with Crippen molar-refractivity contribution < 1.29 is 9.47 Å². The Morgan fingerprint density at radius 1 is 1.14 bits per heavy atom. The van der Waals surface area contributed by atoms with Crippen molar-refractivity contribution in [2.45, 2.75) is 6.61 Å². The molecule has 2 aromatic carbocycles. The van der Waals surface area contributed by atoms with Crippen LogP contribution in [0.1, 0.15) is 11.1 Å². The van der Waals surface area contributed by atoms with Gasteiger partial charge in [0.25, 0.3) is 0 Å². The average molecular weight is 495 g/mol. The van der Waals surface area contributed by atoms with Gasteiger partial charge in [0, 0.05) is 25.6 Å². The maximum atomic E-state index is 9.44. The molecule has 0 atom stereocenters. The number of methoxy groups -OCH3 is 1. The zero-order valence-electron chi connectivity index (χ0n) is 15.0. The fourth-order valence-electron chi connectivity index (χ4n) is 2.58. The molecule has 1 aromatic heterocycles. The fraction of sp³-hybridized carbons (Fsp3) is 0.105. The Balaban J connectivity index is 2.00. The minimum atomic E-state index is -0.0416. The van der Waals surface area contributed by atoms with Crippen LogP contribution >= 0.6 is 39.1 Å². The van der Waals surface area contributed by atoms with E-state index < -0.39 is 0 Å². The first-order valence-electron chi connectivity index (χ1n) is 8.11. The summed E-state index contributed by atoms with van der Waals surface area (Å²) in [6, 6.07) is 10.5. The normalized spacial score (nSPS) is 10.4. The van der Waals surface area contributed by atoms with Crippen molar-refractivity contribution in [3.8, 4) is 28.8 Å². The van der Waals surface area contributed by atoms with Crippen LogP contribution in [0.3, 0.4) is 0 Å². The molecule has 0 saturated carbocycles. The molecule has 148 valence electrons. The second-order valence-electron chi connectivity index (χ2n) is 5.81. The molecule has 29 heavy (non-hydrogen) atoms. The summed E-state index contributed by atoms with van der Waals surface area (Å²) < 4.78 is 11.9. The minimum absolute atomic E-state index is 0.00132.